The Balaban J connectivity index is 2.31. The zero-order chi connectivity index (χ0) is 22.3. The number of hydrogen-bond donors (Lipinski definition) is 0. The molecule has 2 aromatic carbocycles. The van der Waals surface area contributed by atoms with Crippen molar-refractivity contribution in [1.29, 1.82) is 5.26 Å². The molecule has 0 aliphatic rings. The van der Waals surface area contributed by atoms with Gasteiger partial charge >= 0.3 is 0 Å². The molecule has 0 unspecified atom stereocenters. The lowest BCUT2D eigenvalue weighted by Crippen LogP contribution is -2.22. The minimum atomic E-state index is -0.461. The first-order valence-electron chi connectivity index (χ1n) is 8.92. The van der Waals surface area contributed by atoms with Gasteiger partial charge in [0.2, 0.25) is 0 Å². The Labute approximate surface area is 182 Å². The summed E-state index contributed by atoms with van der Waals surface area (Å²) in [5, 5.41) is 20.1. The van der Waals surface area contributed by atoms with Crippen LogP contribution in [0.1, 0.15) is 18.1 Å². The van der Waals surface area contributed by atoms with Gasteiger partial charge in [0.05, 0.1) is 11.5 Å². The largest absolute Gasteiger partial charge is 0.490 e. The van der Waals surface area contributed by atoms with E-state index in [2.05, 4.69) is 15.9 Å². The highest BCUT2D eigenvalue weighted by Gasteiger charge is 2.15. The second-order valence-corrected chi connectivity index (χ2v) is 7.19. The number of carbonyl (C=O) groups excluding carboxylic acids is 1. The number of hydrogen-bond acceptors (Lipinski definition) is 6. The molecule has 2 rings (SSSR count). The van der Waals surface area contributed by atoms with Crippen LogP contribution in [0.4, 0.5) is 5.69 Å². The normalized spacial score (nSPS) is 10.8. The van der Waals surface area contributed by atoms with Crippen LogP contribution < -0.4 is 9.47 Å². The highest BCUT2D eigenvalue weighted by molar-refractivity contribution is 9.10. The molecule has 0 aromatic heterocycles. The van der Waals surface area contributed by atoms with Crippen LogP contribution in [0.3, 0.4) is 0 Å². The first-order valence-corrected chi connectivity index (χ1v) is 9.72. The zero-order valence-corrected chi connectivity index (χ0v) is 18.3. The Morgan fingerprint density at radius 3 is 2.40 bits per heavy atom. The standard InChI is InChI=1S/C21H20BrN3O5/c1-4-29-19-10-15(9-16(12-23)21(26)24(2)3)18(22)11-20(19)30-13-14-5-7-17(8-6-14)25(27)28/h5-11H,4,13H2,1-3H3/b16-9+. The minimum absolute atomic E-state index is 0.00760. The molecule has 0 atom stereocenters. The van der Waals surface area contributed by atoms with Gasteiger partial charge in [-0.25, -0.2) is 0 Å². The number of nitriles is 1. The Morgan fingerprint density at radius 2 is 1.87 bits per heavy atom. The van der Waals surface area contributed by atoms with Crippen molar-refractivity contribution in [2.75, 3.05) is 20.7 Å². The zero-order valence-electron chi connectivity index (χ0n) is 16.7. The van der Waals surface area contributed by atoms with Gasteiger partial charge in [0.1, 0.15) is 18.2 Å². The van der Waals surface area contributed by atoms with Gasteiger partial charge in [0, 0.05) is 30.7 Å². The van der Waals surface area contributed by atoms with Crippen LogP contribution in [0.5, 0.6) is 11.5 Å². The van der Waals surface area contributed by atoms with Gasteiger partial charge in [-0.2, -0.15) is 5.26 Å². The molecule has 30 heavy (non-hydrogen) atoms. The molecule has 9 heteroatoms. The van der Waals surface area contributed by atoms with E-state index in [4.69, 9.17) is 9.47 Å². The third kappa shape index (κ3) is 5.81. The highest BCUT2D eigenvalue weighted by Crippen LogP contribution is 2.35. The van der Waals surface area contributed by atoms with E-state index in [1.807, 2.05) is 13.0 Å². The van der Waals surface area contributed by atoms with E-state index >= 15 is 0 Å². The second kappa shape index (κ2) is 10.4. The van der Waals surface area contributed by atoms with Crippen molar-refractivity contribution in [2.24, 2.45) is 0 Å². The second-order valence-electron chi connectivity index (χ2n) is 6.34. The van der Waals surface area contributed by atoms with Crippen LogP contribution in [0, 0.1) is 21.4 Å². The molecule has 0 saturated heterocycles. The van der Waals surface area contributed by atoms with Crippen molar-refractivity contribution in [3.05, 3.63) is 67.7 Å². The van der Waals surface area contributed by atoms with E-state index in [1.54, 1.807) is 38.4 Å². The summed E-state index contributed by atoms with van der Waals surface area (Å²) in [6.45, 7) is 2.40. The van der Waals surface area contributed by atoms with Crippen LogP contribution in [0.2, 0.25) is 0 Å². The maximum atomic E-state index is 12.1. The van der Waals surface area contributed by atoms with Crippen LogP contribution >= 0.6 is 15.9 Å². The molecule has 0 N–H and O–H groups in total. The molecule has 156 valence electrons. The van der Waals surface area contributed by atoms with Crippen molar-refractivity contribution < 1.29 is 19.2 Å². The number of rotatable bonds is 8. The highest BCUT2D eigenvalue weighted by atomic mass is 79.9. The molecule has 0 bridgehead atoms. The lowest BCUT2D eigenvalue weighted by atomic mass is 10.1. The van der Waals surface area contributed by atoms with Gasteiger partial charge in [-0.15, -0.1) is 0 Å². The van der Waals surface area contributed by atoms with E-state index in [9.17, 15) is 20.2 Å². The van der Waals surface area contributed by atoms with Crippen molar-refractivity contribution in [3.8, 4) is 17.6 Å². The van der Waals surface area contributed by atoms with Gasteiger partial charge < -0.3 is 14.4 Å². The van der Waals surface area contributed by atoms with E-state index in [-0.39, 0.29) is 17.9 Å². The van der Waals surface area contributed by atoms with Gasteiger partial charge in [-0.1, -0.05) is 15.9 Å². The molecule has 2 aromatic rings. The molecular formula is C21H20BrN3O5. The summed E-state index contributed by atoms with van der Waals surface area (Å²) in [4.78, 5) is 23.7. The molecule has 0 saturated carbocycles. The summed E-state index contributed by atoms with van der Waals surface area (Å²) in [6.07, 6.45) is 1.48. The Kier molecular flexibility index (Phi) is 7.95. The number of halogens is 1. The number of non-ortho nitro benzene ring substituents is 1. The SMILES string of the molecule is CCOc1cc(/C=C(\C#N)C(=O)N(C)C)c(Br)cc1OCc1ccc([N+](=O)[O-])cc1. The van der Waals surface area contributed by atoms with Crippen LogP contribution in [-0.4, -0.2) is 36.4 Å². The lowest BCUT2D eigenvalue weighted by Gasteiger charge is -2.15. The third-order valence-electron chi connectivity index (χ3n) is 3.96. The number of nitrogens with zero attached hydrogens (tertiary/aromatic N) is 3. The van der Waals surface area contributed by atoms with Crippen molar-refractivity contribution in [3.63, 3.8) is 0 Å². The number of nitro benzene ring substituents is 1. The van der Waals surface area contributed by atoms with Gasteiger partial charge in [-0.3, -0.25) is 14.9 Å². The molecule has 0 heterocycles. The maximum Gasteiger partial charge on any atom is 0.269 e. The summed E-state index contributed by atoms with van der Waals surface area (Å²) < 4.78 is 12.1. The predicted octanol–water partition coefficient (Wildman–Crippen LogP) is 4.33. The fraction of sp³-hybridized carbons (Fsp3) is 0.238. The lowest BCUT2D eigenvalue weighted by molar-refractivity contribution is -0.384. The average Bonchev–Trinajstić information content (AvgIpc) is 2.72. The summed E-state index contributed by atoms with van der Waals surface area (Å²) in [5.41, 5.74) is 1.34. The fourth-order valence-electron chi connectivity index (χ4n) is 2.46. The minimum Gasteiger partial charge on any atom is -0.490 e. The number of benzene rings is 2. The van der Waals surface area contributed by atoms with Gasteiger partial charge in [0.15, 0.2) is 11.5 Å². The first kappa shape index (κ1) is 22.9. The molecule has 1 amide bonds. The number of amides is 1. The van der Waals surface area contributed by atoms with Crippen molar-refractivity contribution >= 4 is 33.6 Å². The Morgan fingerprint density at radius 1 is 1.23 bits per heavy atom. The van der Waals surface area contributed by atoms with Crippen LogP contribution in [-0.2, 0) is 11.4 Å². The smallest absolute Gasteiger partial charge is 0.269 e. The monoisotopic (exact) mass is 473 g/mol. The van der Waals surface area contributed by atoms with Gasteiger partial charge in [-0.05, 0) is 48.4 Å². The van der Waals surface area contributed by atoms with Crippen LogP contribution in [0.15, 0.2) is 46.4 Å². The summed E-state index contributed by atoms with van der Waals surface area (Å²) in [6, 6.07) is 11.4. The first-order chi connectivity index (χ1) is 14.3. The van der Waals surface area contributed by atoms with E-state index < -0.39 is 10.8 Å². The fourth-order valence-corrected chi connectivity index (χ4v) is 2.89. The van der Waals surface area contributed by atoms with Crippen molar-refractivity contribution in [2.45, 2.75) is 13.5 Å². The van der Waals surface area contributed by atoms with E-state index in [0.717, 1.165) is 5.56 Å². The maximum absolute atomic E-state index is 12.1. The molecular weight excluding hydrogens is 454 g/mol. The predicted molar refractivity (Wildman–Crippen MR) is 115 cm³/mol. The van der Waals surface area contributed by atoms with Gasteiger partial charge in [0.25, 0.3) is 11.6 Å². The van der Waals surface area contributed by atoms with E-state index in [0.29, 0.717) is 28.1 Å². The van der Waals surface area contributed by atoms with Crippen LogP contribution in [0.25, 0.3) is 6.08 Å². The third-order valence-corrected chi connectivity index (χ3v) is 4.65. The summed E-state index contributed by atoms with van der Waals surface area (Å²) in [7, 11) is 3.15. The topological polar surface area (TPSA) is 106 Å². The Bertz CT molecular complexity index is 1010. The van der Waals surface area contributed by atoms with E-state index in [1.165, 1.54) is 23.1 Å². The molecule has 0 fully saturated rings. The molecule has 8 nitrogen and oxygen atoms in total. The molecule has 0 spiro atoms. The molecule has 0 aliphatic carbocycles. The summed E-state index contributed by atoms with van der Waals surface area (Å²) >= 11 is 3.44. The summed E-state index contributed by atoms with van der Waals surface area (Å²) in [5.74, 6) is 0.501. The Hall–Kier alpha value is -3.38. The molecule has 0 aliphatic heterocycles. The quantitative estimate of drug-likeness (QED) is 0.244. The number of likely N-dealkylation sites (N-methyl/N-ethyl adjacent to an activating group) is 1. The molecule has 0 radical (unpaired) electrons. The average molecular weight is 474 g/mol. The number of nitro groups is 1. The number of ether oxygens (including phenoxy) is 2. The van der Waals surface area contributed by atoms with Crippen molar-refractivity contribution in [1.82, 2.24) is 4.90 Å². The number of carbonyl (C=O) groups is 1.